The highest BCUT2D eigenvalue weighted by Gasteiger charge is 2.30. The first kappa shape index (κ1) is 12.4. The second-order valence-corrected chi connectivity index (χ2v) is 5.24. The molecule has 1 amide bonds. The molecule has 2 rings (SSSR count). The van der Waals surface area contributed by atoms with Crippen molar-refractivity contribution >= 4 is 11.6 Å². The molecule has 5 heteroatoms. The van der Waals surface area contributed by atoms with Crippen molar-refractivity contribution in [3.05, 3.63) is 0 Å². The summed E-state index contributed by atoms with van der Waals surface area (Å²) in [5.74, 6) is 0.147. The molecular formula is C12H22N4O. The predicted molar refractivity (Wildman–Crippen MR) is 67.4 cm³/mol. The number of rotatable bonds is 2. The lowest BCUT2D eigenvalue weighted by atomic mass is 9.99. The summed E-state index contributed by atoms with van der Waals surface area (Å²) in [6.07, 6.45) is 3.53. The summed E-state index contributed by atoms with van der Waals surface area (Å²) in [5, 5.41) is 6.14. The van der Waals surface area contributed by atoms with Crippen LogP contribution >= 0.6 is 0 Å². The van der Waals surface area contributed by atoms with E-state index >= 15 is 0 Å². The van der Waals surface area contributed by atoms with Gasteiger partial charge in [-0.2, -0.15) is 5.10 Å². The Morgan fingerprint density at radius 2 is 2.00 bits per heavy atom. The second-order valence-electron chi connectivity index (χ2n) is 5.24. The van der Waals surface area contributed by atoms with Gasteiger partial charge >= 0.3 is 0 Å². The van der Waals surface area contributed by atoms with Crippen molar-refractivity contribution in [2.45, 2.75) is 52.1 Å². The van der Waals surface area contributed by atoms with Gasteiger partial charge in [0, 0.05) is 24.5 Å². The Hall–Kier alpha value is -1.10. The van der Waals surface area contributed by atoms with Crippen LogP contribution in [0.2, 0.25) is 0 Å². The fourth-order valence-corrected chi connectivity index (χ4v) is 2.57. The molecule has 1 unspecified atom stereocenters. The lowest BCUT2D eigenvalue weighted by Crippen LogP contribution is -2.55. The molecule has 1 fully saturated rings. The van der Waals surface area contributed by atoms with E-state index in [2.05, 4.69) is 34.8 Å². The summed E-state index contributed by atoms with van der Waals surface area (Å²) in [7, 11) is 0. The van der Waals surface area contributed by atoms with Crippen LogP contribution in [0.4, 0.5) is 0 Å². The molecule has 3 atom stereocenters. The number of nitrogens with zero attached hydrogens (tertiary/aromatic N) is 2. The minimum atomic E-state index is -0.0527. The molecule has 0 spiro atoms. The third kappa shape index (κ3) is 2.60. The van der Waals surface area contributed by atoms with Crippen molar-refractivity contribution in [1.29, 1.82) is 0 Å². The average molecular weight is 238 g/mol. The van der Waals surface area contributed by atoms with Crippen LogP contribution in [0.3, 0.4) is 0 Å². The Kier molecular flexibility index (Phi) is 3.66. The zero-order chi connectivity index (χ0) is 12.4. The summed E-state index contributed by atoms with van der Waals surface area (Å²) >= 11 is 0. The van der Waals surface area contributed by atoms with Gasteiger partial charge in [0.25, 0.3) is 5.91 Å². The molecule has 2 heterocycles. The molecule has 0 aromatic carbocycles. The van der Waals surface area contributed by atoms with Gasteiger partial charge in [0.2, 0.25) is 0 Å². The number of nitrogens with one attached hydrogen (secondary N) is 2. The van der Waals surface area contributed by atoms with E-state index in [4.69, 9.17) is 0 Å². The maximum absolute atomic E-state index is 12.1. The molecule has 96 valence electrons. The maximum Gasteiger partial charge on any atom is 0.282 e. The number of piperidine rings is 1. The molecule has 5 nitrogen and oxygen atoms in total. The minimum absolute atomic E-state index is 0.0527. The van der Waals surface area contributed by atoms with Gasteiger partial charge in [0.05, 0.1) is 0 Å². The maximum atomic E-state index is 12.1. The quantitative estimate of drug-likeness (QED) is 0.750. The first-order valence-electron chi connectivity index (χ1n) is 6.49. The lowest BCUT2D eigenvalue weighted by Gasteiger charge is -2.38. The predicted octanol–water partition coefficient (Wildman–Crippen LogP) is 0.876. The van der Waals surface area contributed by atoms with E-state index in [0.717, 1.165) is 19.4 Å². The van der Waals surface area contributed by atoms with Gasteiger partial charge in [-0.3, -0.25) is 10.2 Å². The molecule has 0 radical (unpaired) electrons. The van der Waals surface area contributed by atoms with Gasteiger partial charge in [-0.1, -0.05) is 13.3 Å². The Morgan fingerprint density at radius 3 is 2.53 bits per heavy atom. The van der Waals surface area contributed by atoms with E-state index in [0.29, 0.717) is 17.8 Å². The van der Waals surface area contributed by atoms with E-state index in [9.17, 15) is 4.79 Å². The summed E-state index contributed by atoms with van der Waals surface area (Å²) in [6.45, 7) is 7.09. The normalized spacial score (nSPS) is 34.1. The van der Waals surface area contributed by atoms with Crippen molar-refractivity contribution in [3.63, 3.8) is 0 Å². The number of carbonyl (C=O) groups excluding carboxylic acids is 1. The number of carbonyl (C=O) groups is 1. The molecule has 0 aromatic heterocycles. The second kappa shape index (κ2) is 5.04. The number of hydrogen-bond acceptors (Lipinski definition) is 4. The molecule has 17 heavy (non-hydrogen) atoms. The molecule has 2 N–H and O–H groups in total. The van der Waals surface area contributed by atoms with Crippen LogP contribution in [0.25, 0.3) is 0 Å². The van der Waals surface area contributed by atoms with E-state index < -0.39 is 0 Å². The molecule has 0 aliphatic carbocycles. The van der Waals surface area contributed by atoms with Crippen molar-refractivity contribution in [2.24, 2.45) is 11.0 Å². The molecular weight excluding hydrogens is 216 g/mol. The first-order valence-corrected chi connectivity index (χ1v) is 6.49. The van der Waals surface area contributed by atoms with Crippen LogP contribution in [0.15, 0.2) is 5.10 Å². The van der Waals surface area contributed by atoms with Crippen molar-refractivity contribution in [1.82, 2.24) is 15.9 Å². The molecule has 2 aliphatic heterocycles. The molecule has 0 saturated carbocycles. The highest BCUT2D eigenvalue weighted by atomic mass is 16.2. The highest BCUT2D eigenvalue weighted by Crippen LogP contribution is 2.20. The van der Waals surface area contributed by atoms with Crippen molar-refractivity contribution in [3.8, 4) is 0 Å². The smallest absolute Gasteiger partial charge is 0.282 e. The highest BCUT2D eigenvalue weighted by molar-refractivity contribution is 6.39. The van der Waals surface area contributed by atoms with Crippen molar-refractivity contribution in [2.75, 3.05) is 6.54 Å². The first-order chi connectivity index (χ1) is 8.09. The minimum Gasteiger partial charge on any atom is -0.309 e. The summed E-state index contributed by atoms with van der Waals surface area (Å²) in [5.41, 5.74) is 6.51. The summed E-state index contributed by atoms with van der Waals surface area (Å²) in [4.78, 5) is 12.1. The molecule has 0 bridgehead atoms. The fraction of sp³-hybridized carbons (Fsp3) is 0.833. The third-order valence-electron chi connectivity index (χ3n) is 3.72. The lowest BCUT2D eigenvalue weighted by molar-refractivity contribution is -0.122. The van der Waals surface area contributed by atoms with Crippen LogP contribution < -0.4 is 10.9 Å². The Labute approximate surface area is 103 Å². The summed E-state index contributed by atoms with van der Waals surface area (Å²) < 4.78 is 0. The van der Waals surface area contributed by atoms with Crippen LogP contribution in [0.5, 0.6) is 0 Å². The third-order valence-corrected chi connectivity index (χ3v) is 3.72. The van der Waals surface area contributed by atoms with Crippen LogP contribution in [-0.2, 0) is 4.79 Å². The monoisotopic (exact) mass is 238 g/mol. The molecule has 1 saturated heterocycles. The van der Waals surface area contributed by atoms with E-state index in [1.807, 2.05) is 6.92 Å². The topological polar surface area (TPSA) is 56.7 Å². The van der Waals surface area contributed by atoms with Crippen LogP contribution in [0, 0.1) is 5.92 Å². The Balaban J connectivity index is 1.97. The SMILES string of the molecule is CC1CNN=C1C(=O)NN1[C@@H](C)CCC[C@@H]1C. The van der Waals surface area contributed by atoms with Crippen LogP contribution in [-0.4, -0.2) is 35.3 Å². The number of hydrazine groups is 1. The van der Waals surface area contributed by atoms with Gasteiger partial charge < -0.3 is 5.43 Å². The van der Waals surface area contributed by atoms with Gasteiger partial charge in [0.15, 0.2) is 0 Å². The Morgan fingerprint density at radius 1 is 1.35 bits per heavy atom. The van der Waals surface area contributed by atoms with E-state index in [1.165, 1.54) is 6.42 Å². The van der Waals surface area contributed by atoms with Gasteiger partial charge in [-0.15, -0.1) is 0 Å². The fourth-order valence-electron chi connectivity index (χ4n) is 2.57. The number of hydrogen-bond donors (Lipinski definition) is 2. The average Bonchev–Trinajstić information content (AvgIpc) is 2.70. The van der Waals surface area contributed by atoms with Gasteiger partial charge in [-0.25, -0.2) is 5.01 Å². The van der Waals surface area contributed by atoms with E-state index in [1.54, 1.807) is 0 Å². The van der Waals surface area contributed by atoms with E-state index in [-0.39, 0.29) is 11.8 Å². The largest absolute Gasteiger partial charge is 0.309 e. The zero-order valence-electron chi connectivity index (χ0n) is 10.9. The van der Waals surface area contributed by atoms with Gasteiger partial charge in [0.1, 0.15) is 5.71 Å². The number of amides is 1. The zero-order valence-corrected chi connectivity index (χ0v) is 10.9. The standard InChI is InChI=1S/C12H22N4O/c1-8-7-13-14-11(8)12(17)15-16-9(2)5-4-6-10(16)3/h8-10,13H,4-7H2,1-3H3,(H,15,17)/t8?,9-,10-/m0/s1. The van der Waals surface area contributed by atoms with Gasteiger partial charge in [-0.05, 0) is 26.7 Å². The molecule has 0 aromatic rings. The number of hydrazone groups is 1. The van der Waals surface area contributed by atoms with Crippen LogP contribution in [0.1, 0.15) is 40.0 Å². The molecule has 2 aliphatic rings. The van der Waals surface area contributed by atoms with Crippen molar-refractivity contribution < 1.29 is 4.79 Å². The Bertz CT molecular complexity index is 318. The summed E-state index contributed by atoms with van der Waals surface area (Å²) in [6, 6.07) is 0.820.